The van der Waals surface area contributed by atoms with Gasteiger partial charge in [0.15, 0.2) is 0 Å². The topological polar surface area (TPSA) is 60.2 Å². The van der Waals surface area contributed by atoms with Gasteiger partial charge in [-0.2, -0.15) is 0 Å². The zero-order valence-electron chi connectivity index (χ0n) is 17.9. The summed E-state index contributed by atoms with van der Waals surface area (Å²) in [6, 6.07) is 16.9. The first-order chi connectivity index (χ1) is 15.1. The van der Waals surface area contributed by atoms with Crippen molar-refractivity contribution in [3.8, 4) is 0 Å². The molecule has 2 aliphatic heterocycles. The number of amides is 1. The van der Waals surface area contributed by atoms with Crippen molar-refractivity contribution < 1.29 is 4.79 Å². The number of rotatable bonds is 4. The smallest absolute Gasteiger partial charge is 0.237 e. The summed E-state index contributed by atoms with van der Waals surface area (Å²) >= 11 is 3.60. The van der Waals surface area contributed by atoms with E-state index in [1.807, 2.05) is 0 Å². The molecule has 1 amide bonds. The average molecular weight is 481 g/mol. The summed E-state index contributed by atoms with van der Waals surface area (Å²) in [5.41, 5.74) is 4.93. The first-order valence-corrected chi connectivity index (χ1v) is 11.9. The maximum Gasteiger partial charge on any atom is 0.237 e. The van der Waals surface area contributed by atoms with E-state index in [1.165, 1.54) is 22.2 Å². The number of fused-ring (bicyclic) bond motifs is 4. The number of hydrogen-bond acceptors (Lipinski definition) is 3. The summed E-state index contributed by atoms with van der Waals surface area (Å²) in [7, 11) is 1.73. The molecule has 1 saturated heterocycles. The highest BCUT2D eigenvalue weighted by Gasteiger charge is 2.45. The Balaban J connectivity index is 1.40. The van der Waals surface area contributed by atoms with Crippen LogP contribution in [0.3, 0.4) is 0 Å². The third kappa shape index (κ3) is 3.93. The van der Waals surface area contributed by atoms with Crippen LogP contribution in [0.4, 0.5) is 0 Å². The fourth-order valence-electron chi connectivity index (χ4n) is 5.33. The highest BCUT2D eigenvalue weighted by atomic mass is 79.9. The molecule has 1 aromatic heterocycles. The van der Waals surface area contributed by atoms with Gasteiger partial charge in [0, 0.05) is 47.8 Å². The van der Waals surface area contributed by atoms with Crippen molar-refractivity contribution in [1.29, 1.82) is 0 Å². The van der Waals surface area contributed by atoms with E-state index in [-0.39, 0.29) is 17.5 Å². The van der Waals surface area contributed by atoms with Gasteiger partial charge in [-0.1, -0.05) is 52.3 Å². The molecule has 0 saturated carbocycles. The molecule has 3 N–H and O–H groups in total. The summed E-state index contributed by atoms with van der Waals surface area (Å²) in [5.74, 6) is 0.0722. The van der Waals surface area contributed by atoms with Crippen LogP contribution in [0.15, 0.2) is 53.0 Å². The van der Waals surface area contributed by atoms with Crippen LogP contribution in [-0.2, 0) is 23.2 Å². The molecule has 1 spiro atoms. The lowest BCUT2D eigenvalue weighted by molar-refractivity contribution is -0.123. The van der Waals surface area contributed by atoms with Gasteiger partial charge >= 0.3 is 0 Å². The third-order valence-corrected chi connectivity index (χ3v) is 7.53. The molecule has 31 heavy (non-hydrogen) atoms. The lowest BCUT2D eigenvalue weighted by atomic mass is 9.77. The molecule has 1 fully saturated rings. The minimum Gasteiger partial charge on any atom is -0.358 e. The minimum atomic E-state index is -0.198. The Kier molecular flexibility index (Phi) is 5.63. The zero-order valence-corrected chi connectivity index (χ0v) is 19.5. The third-order valence-electron chi connectivity index (χ3n) is 7.04. The molecular weight excluding hydrogens is 452 g/mol. The number of halogens is 1. The van der Waals surface area contributed by atoms with Gasteiger partial charge in [-0.15, -0.1) is 0 Å². The van der Waals surface area contributed by atoms with Crippen molar-refractivity contribution in [2.45, 2.75) is 37.3 Å². The van der Waals surface area contributed by atoms with E-state index < -0.39 is 0 Å². The van der Waals surface area contributed by atoms with Gasteiger partial charge in [-0.3, -0.25) is 10.1 Å². The van der Waals surface area contributed by atoms with Gasteiger partial charge in [0.05, 0.1) is 11.6 Å². The quantitative estimate of drug-likeness (QED) is 0.533. The van der Waals surface area contributed by atoms with Gasteiger partial charge in [0.25, 0.3) is 0 Å². The molecule has 5 nitrogen and oxygen atoms in total. The Hall–Kier alpha value is -2.15. The van der Waals surface area contributed by atoms with E-state index in [4.69, 9.17) is 0 Å². The highest BCUT2D eigenvalue weighted by molar-refractivity contribution is 9.10. The summed E-state index contributed by atoms with van der Waals surface area (Å²) < 4.78 is 1.07. The molecule has 0 bridgehead atoms. The minimum absolute atomic E-state index is 0.0722. The summed E-state index contributed by atoms with van der Waals surface area (Å²) in [4.78, 5) is 18.9. The highest BCUT2D eigenvalue weighted by Crippen LogP contribution is 2.42. The number of carbonyl (C=O) groups excluding carboxylic acids is 1. The molecule has 2 aromatic carbocycles. The fourth-order valence-corrected chi connectivity index (χ4v) is 5.69. The van der Waals surface area contributed by atoms with Crippen LogP contribution in [-0.4, -0.2) is 48.5 Å². The molecule has 0 radical (unpaired) electrons. The number of H-pyrrole nitrogens is 1. The maximum absolute atomic E-state index is 12.6. The number of hydrogen-bond donors (Lipinski definition) is 3. The predicted molar refractivity (Wildman–Crippen MR) is 128 cm³/mol. The molecule has 162 valence electrons. The maximum atomic E-state index is 12.6. The van der Waals surface area contributed by atoms with Crippen LogP contribution >= 0.6 is 15.9 Å². The fraction of sp³-hybridized carbons (Fsp3) is 0.400. The number of nitrogens with one attached hydrogen (secondary N) is 3. The number of likely N-dealkylation sites (tertiary alicyclic amines) is 1. The van der Waals surface area contributed by atoms with Gasteiger partial charge < -0.3 is 15.2 Å². The van der Waals surface area contributed by atoms with Gasteiger partial charge in [-0.05, 0) is 48.9 Å². The van der Waals surface area contributed by atoms with E-state index in [2.05, 4.69) is 85.0 Å². The SMILES string of the molecule is CNC(=O)C1Cc2c([nH]c3cc(Br)ccc23)C2(CCN(CCc3ccccc3)CC2)N1. The summed E-state index contributed by atoms with van der Waals surface area (Å²) in [6.45, 7) is 3.13. The Morgan fingerprint density at radius 1 is 1.19 bits per heavy atom. The molecule has 1 atom stereocenters. The van der Waals surface area contributed by atoms with E-state index in [9.17, 15) is 4.79 Å². The number of aromatic nitrogens is 1. The summed E-state index contributed by atoms with van der Waals surface area (Å²) in [6.07, 6.45) is 3.79. The van der Waals surface area contributed by atoms with Crippen LogP contribution in [0.25, 0.3) is 10.9 Å². The lowest BCUT2D eigenvalue weighted by Crippen LogP contribution is -2.61. The van der Waals surface area contributed by atoms with Crippen LogP contribution in [0.1, 0.15) is 29.7 Å². The van der Waals surface area contributed by atoms with Crippen molar-refractivity contribution >= 4 is 32.7 Å². The Morgan fingerprint density at radius 2 is 1.97 bits per heavy atom. The average Bonchev–Trinajstić information content (AvgIpc) is 3.17. The number of likely N-dealkylation sites (N-methyl/N-ethyl adjacent to an activating group) is 1. The Bertz CT molecular complexity index is 1090. The van der Waals surface area contributed by atoms with Gasteiger partial charge in [0.1, 0.15) is 0 Å². The van der Waals surface area contributed by atoms with E-state index >= 15 is 0 Å². The lowest BCUT2D eigenvalue weighted by Gasteiger charge is -2.47. The van der Waals surface area contributed by atoms with E-state index in [0.717, 1.165) is 55.3 Å². The molecule has 3 aromatic rings. The largest absolute Gasteiger partial charge is 0.358 e. The number of piperidine rings is 1. The Labute approximate surface area is 191 Å². The molecule has 1 unspecified atom stereocenters. The second kappa shape index (κ2) is 8.41. The van der Waals surface area contributed by atoms with E-state index in [0.29, 0.717) is 0 Å². The standard InChI is InChI=1S/C25H29BrN4O/c1-27-24(31)22-16-20-19-8-7-18(26)15-21(19)28-23(20)25(29-22)10-13-30(14-11-25)12-9-17-5-3-2-4-6-17/h2-8,15,22,28-29H,9-14,16H2,1H3,(H,27,31). The summed E-state index contributed by atoms with van der Waals surface area (Å²) in [5, 5.41) is 7.85. The van der Waals surface area contributed by atoms with E-state index in [1.54, 1.807) is 7.05 Å². The Morgan fingerprint density at radius 3 is 2.71 bits per heavy atom. The first-order valence-electron chi connectivity index (χ1n) is 11.1. The van der Waals surface area contributed by atoms with Gasteiger partial charge in [-0.25, -0.2) is 0 Å². The number of aromatic amines is 1. The van der Waals surface area contributed by atoms with Crippen molar-refractivity contribution in [1.82, 2.24) is 20.5 Å². The zero-order chi connectivity index (χ0) is 21.4. The van der Waals surface area contributed by atoms with Crippen LogP contribution in [0, 0.1) is 0 Å². The molecule has 3 heterocycles. The number of carbonyl (C=O) groups is 1. The van der Waals surface area contributed by atoms with Crippen molar-refractivity contribution in [3.05, 3.63) is 69.8 Å². The number of nitrogens with zero attached hydrogens (tertiary/aromatic N) is 1. The molecule has 6 heteroatoms. The van der Waals surface area contributed by atoms with Crippen LogP contribution in [0.5, 0.6) is 0 Å². The van der Waals surface area contributed by atoms with Crippen molar-refractivity contribution in [3.63, 3.8) is 0 Å². The molecule has 0 aliphatic carbocycles. The monoisotopic (exact) mass is 480 g/mol. The molecular formula is C25H29BrN4O. The molecule has 5 rings (SSSR count). The predicted octanol–water partition coefficient (Wildman–Crippen LogP) is 3.72. The second-order valence-corrected chi connectivity index (χ2v) is 9.76. The van der Waals surface area contributed by atoms with Crippen molar-refractivity contribution in [2.24, 2.45) is 0 Å². The number of benzene rings is 2. The normalized spacial score (nSPS) is 20.6. The van der Waals surface area contributed by atoms with Gasteiger partial charge in [0.2, 0.25) is 5.91 Å². The molecule has 2 aliphatic rings. The first kappa shape index (κ1) is 20.7. The second-order valence-electron chi connectivity index (χ2n) is 8.84. The van der Waals surface area contributed by atoms with Crippen LogP contribution < -0.4 is 10.6 Å². The van der Waals surface area contributed by atoms with Crippen molar-refractivity contribution in [2.75, 3.05) is 26.7 Å². The van der Waals surface area contributed by atoms with Crippen LogP contribution in [0.2, 0.25) is 0 Å².